The topological polar surface area (TPSA) is 23.6 Å². The largest absolute Gasteiger partial charge is 0.341 e. The van der Waals surface area contributed by atoms with Crippen LogP contribution in [0.4, 0.5) is 0 Å². The van der Waals surface area contributed by atoms with E-state index >= 15 is 0 Å². The van der Waals surface area contributed by atoms with Gasteiger partial charge in [0.15, 0.2) is 0 Å². The molecular weight excluding hydrogens is 284 g/mol. The molecule has 2 aromatic rings. The van der Waals surface area contributed by atoms with E-state index in [-0.39, 0.29) is 5.91 Å². The average Bonchev–Trinajstić information content (AvgIpc) is 2.60. The molecule has 0 heterocycles. The highest BCUT2D eigenvalue weighted by atomic mass is 16.2. The molecular formula is C20H26N2O. The minimum absolute atomic E-state index is 0.195. The predicted molar refractivity (Wildman–Crippen MR) is 94.9 cm³/mol. The van der Waals surface area contributed by atoms with Crippen LogP contribution in [0, 0.1) is 0 Å². The van der Waals surface area contributed by atoms with Crippen molar-refractivity contribution in [1.29, 1.82) is 0 Å². The monoisotopic (exact) mass is 310 g/mol. The van der Waals surface area contributed by atoms with Crippen LogP contribution in [0.1, 0.15) is 24.5 Å². The number of amides is 1. The summed E-state index contributed by atoms with van der Waals surface area (Å²) in [4.78, 5) is 16.4. The maximum atomic E-state index is 12.3. The Hall–Kier alpha value is -2.13. The average molecular weight is 310 g/mol. The second kappa shape index (κ2) is 9.11. The lowest BCUT2D eigenvalue weighted by molar-refractivity contribution is -0.130. The maximum Gasteiger partial charge on any atom is 0.223 e. The molecule has 0 aliphatic heterocycles. The molecule has 0 N–H and O–H groups in total. The van der Waals surface area contributed by atoms with Gasteiger partial charge >= 0.3 is 0 Å². The van der Waals surface area contributed by atoms with E-state index in [1.807, 2.05) is 36.2 Å². The summed E-state index contributed by atoms with van der Waals surface area (Å²) >= 11 is 0. The molecule has 0 unspecified atom stereocenters. The first kappa shape index (κ1) is 17.2. The van der Waals surface area contributed by atoms with Crippen LogP contribution in [-0.2, 0) is 17.9 Å². The Morgan fingerprint density at radius 1 is 0.870 bits per heavy atom. The van der Waals surface area contributed by atoms with E-state index in [9.17, 15) is 4.79 Å². The molecule has 0 spiro atoms. The number of carbonyl (C=O) groups excluding carboxylic acids is 1. The van der Waals surface area contributed by atoms with Gasteiger partial charge in [-0.1, -0.05) is 67.6 Å². The van der Waals surface area contributed by atoms with Crippen molar-refractivity contribution in [3.05, 3.63) is 71.8 Å². The quantitative estimate of drug-likeness (QED) is 0.744. The van der Waals surface area contributed by atoms with Crippen molar-refractivity contribution in [1.82, 2.24) is 9.80 Å². The third-order valence-electron chi connectivity index (χ3n) is 4.03. The number of benzene rings is 2. The number of hydrogen-bond acceptors (Lipinski definition) is 2. The smallest absolute Gasteiger partial charge is 0.223 e. The molecule has 2 aromatic carbocycles. The van der Waals surface area contributed by atoms with Gasteiger partial charge in [0.1, 0.15) is 0 Å². The third-order valence-corrected chi connectivity index (χ3v) is 4.03. The zero-order chi connectivity index (χ0) is 16.5. The van der Waals surface area contributed by atoms with Gasteiger partial charge in [-0.3, -0.25) is 9.69 Å². The SMILES string of the molecule is CCN(CCC(=O)N(C)Cc1ccccc1)Cc1ccccc1. The molecule has 3 heteroatoms. The molecule has 0 saturated carbocycles. The molecule has 0 aromatic heterocycles. The molecule has 1 amide bonds. The number of rotatable bonds is 8. The summed E-state index contributed by atoms with van der Waals surface area (Å²) in [5.74, 6) is 0.195. The van der Waals surface area contributed by atoms with Crippen LogP contribution in [-0.4, -0.2) is 35.8 Å². The number of hydrogen-bond donors (Lipinski definition) is 0. The Balaban J connectivity index is 1.79. The molecule has 0 saturated heterocycles. The lowest BCUT2D eigenvalue weighted by Crippen LogP contribution is -2.31. The number of nitrogens with zero attached hydrogens (tertiary/aromatic N) is 2. The third kappa shape index (κ3) is 5.87. The maximum absolute atomic E-state index is 12.3. The van der Waals surface area contributed by atoms with E-state index in [0.29, 0.717) is 13.0 Å². The Kier molecular flexibility index (Phi) is 6.82. The molecule has 0 radical (unpaired) electrons. The summed E-state index contributed by atoms with van der Waals surface area (Å²) in [6.07, 6.45) is 0.560. The molecule has 0 aliphatic rings. The summed E-state index contributed by atoms with van der Waals surface area (Å²) in [6.45, 7) is 5.45. The van der Waals surface area contributed by atoms with Crippen LogP contribution < -0.4 is 0 Å². The van der Waals surface area contributed by atoms with E-state index in [1.165, 1.54) is 11.1 Å². The first-order valence-electron chi connectivity index (χ1n) is 8.23. The zero-order valence-electron chi connectivity index (χ0n) is 14.1. The fourth-order valence-corrected chi connectivity index (χ4v) is 2.58. The molecule has 122 valence electrons. The van der Waals surface area contributed by atoms with Crippen LogP contribution in [0.25, 0.3) is 0 Å². The van der Waals surface area contributed by atoms with Crippen molar-refractivity contribution >= 4 is 5.91 Å². The van der Waals surface area contributed by atoms with E-state index in [4.69, 9.17) is 0 Å². The zero-order valence-corrected chi connectivity index (χ0v) is 14.1. The summed E-state index contributed by atoms with van der Waals surface area (Å²) in [7, 11) is 1.88. The predicted octanol–water partition coefficient (Wildman–Crippen LogP) is 3.56. The van der Waals surface area contributed by atoms with Gasteiger partial charge < -0.3 is 4.90 Å². The van der Waals surface area contributed by atoms with E-state index < -0.39 is 0 Å². The van der Waals surface area contributed by atoms with Crippen LogP contribution >= 0.6 is 0 Å². The van der Waals surface area contributed by atoms with Crippen molar-refractivity contribution in [2.75, 3.05) is 20.1 Å². The van der Waals surface area contributed by atoms with Gasteiger partial charge in [-0.25, -0.2) is 0 Å². The van der Waals surface area contributed by atoms with E-state index in [2.05, 4.69) is 48.2 Å². The van der Waals surface area contributed by atoms with Gasteiger partial charge in [0.05, 0.1) is 0 Å². The van der Waals surface area contributed by atoms with Crippen molar-refractivity contribution in [3.8, 4) is 0 Å². The lowest BCUT2D eigenvalue weighted by Gasteiger charge is -2.22. The summed E-state index contributed by atoms with van der Waals surface area (Å²) in [5, 5.41) is 0. The van der Waals surface area contributed by atoms with Crippen LogP contribution in [0.3, 0.4) is 0 Å². The van der Waals surface area contributed by atoms with E-state index in [0.717, 1.165) is 19.6 Å². The summed E-state index contributed by atoms with van der Waals surface area (Å²) < 4.78 is 0. The molecule has 3 nitrogen and oxygen atoms in total. The first-order chi connectivity index (χ1) is 11.2. The highest BCUT2D eigenvalue weighted by Crippen LogP contribution is 2.07. The summed E-state index contributed by atoms with van der Waals surface area (Å²) in [5.41, 5.74) is 2.46. The van der Waals surface area contributed by atoms with Crippen LogP contribution in [0.5, 0.6) is 0 Å². The Bertz CT molecular complexity index is 583. The van der Waals surface area contributed by atoms with Crippen molar-refractivity contribution in [2.45, 2.75) is 26.4 Å². The Morgan fingerprint density at radius 2 is 1.39 bits per heavy atom. The molecule has 2 rings (SSSR count). The first-order valence-corrected chi connectivity index (χ1v) is 8.23. The van der Waals surface area contributed by atoms with Crippen molar-refractivity contribution < 1.29 is 4.79 Å². The fraction of sp³-hybridized carbons (Fsp3) is 0.350. The fourth-order valence-electron chi connectivity index (χ4n) is 2.58. The van der Waals surface area contributed by atoms with Gasteiger partial charge in [-0.15, -0.1) is 0 Å². The van der Waals surface area contributed by atoms with Gasteiger partial charge in [-0.2, -0.15) is 0 Å². The second-order valence-corrected chi connectivity index (χ2v) is 5.84. The molecule has 0 atom stereocenters. The highest BCUT2D eigenvalue weighted by molar-refractivity contribution is 5.76. The van der Waals surface area contributed by atoms with Crippen LogP contribution in [0.15, 0.2) is 60.7 Å². The molecule has 0 aliphatic carbocycles. The molecule has 23 heavy (non-hydrogen) atoms. The van der Waals surface area contributed by atoms with Gasteiger partial charge in [0.2, 0.25) is 5.91 Å². The van der Waals surface area contributed by atoms with Gasteiger partial charge in [0, 0.05) is 33.1 Å². The van der Waals surface area contributed by atoms with Crippen molar-refractivity contribution in [3.63, 3.8) is 0 Å². The van der Waals surface area contributed by atoms with Crippen LogP contribution in [0.2, 0.25) is 0 Å². The minimum atomic E-state index is 0.195. The van der Waals surface area contributed by atoms with Gasteiger partial charge in [-0.05, 0) is 17.7 Å². The second-order valence-electron chi connectivity index (χ2n) is 5.84. The standard InChI is InChI=1S/C20H26N2O/c1-3-22(17-19-12-8-5-9-13-19)15-14-20(23)21(2)16-18-10-6-4-7-11-18/h4-13H,3,14-17H2,1-2H3. The number of carbonyl (C=O) groups is 1. The molecule has 0 fully saturated rings. The minimum Gasteiger partial charge on any atom is -0.341 e. The Morgan fingerprint density at radius 3 is 1.91 bits per heavy atom. The highest BCUT2D eigenvalue weighted by Gasteiger charge is 2.11. The molecule has 0 bridgehead atoms. The van der Waals surface area contributed by atoms with Gasteiger partial charge in [0.25, 0.3) is 0 Å². The lowest BCUT2D eigenvalue weighted by atomic mass is 10.2. The normalized spacial score (nSPS) is 10.7. The van der Waals surface area contributed by atoms with Crippen molar-refractivity contribution in [2.24, 2.45) is 0 Å². The summed E-state index contributed by atoms with van der Waals surface area (Å²) in [6, 6.07) is 20.5. The Labute approximate surface area is 139 Å². The van der Waals surface area contributed by atoms with E-state index in [1.54, 1.807) is 0 Å².